The predicted octanol–water partition coefficient (Wildman–Crippen LogP) is 2.79. The largest absolute Gasteiger partial charge is 0.444 e. The molecule has 0 unspecified atom stereocenters. The second-order valence-corrected chi connectivity index (χ2v) is 7.38. The number of H-pyrrole nitrogens is 1. The topological polar surface area (TPSA) is 65.6 Å². The molecule has 1 saturated heterocycles. The highest BCUT2D eigenvalue weighted by Gasteiger charge is 2.27. The number of rotatable bonds is 2. The lowest BCUT2D eigenvalue weighted by atomic mass is 10.1. The van der Waals surface area contributed by atoms with Gasteiger partial charge in [-0.25, -0.2) is 4.79 Å². The number of nitrogens with zero attached hydrogens (tertiary/aromatic N) is 2. The number of carbonyl (C=O) groups excluding carboxylic acids is 2. The molecule has 6 heteroatoms. The smallest absolute Gasteiger partial charge is 0.410 e. The van der Waals surface area contributed by atoms with E-state index in [2.05, 4.69) is 4.98 Å². The van der Waals surface area contributed by atoms with Gasteiger partial charge in [0.15, 0.2) is 0 Å². The SMILES string of the molecule is CC(C)(C)OC(=O)N1CCN(C(=O)Cc2c[nH]c3ccccc23)CC1. The molecule has 0 bridgehead atoms. The van der Waals surface area contributed by atoms with Crippen molar-refractivity contribution in [1.29, 1.82) is 0 Å². The van der Waals surface area contributed by atoms with Gasteiger partial charge in [0.05, 0.1) is 6.42 Å². The number of para-hydroxylation sites is 1. The van der Waals surface area contributed by atoms with E-state index in [4.69, 9.17) is 4.74 Å². The zero-order chi connectivity index (χ0) is 18.0. The molecule has 1 aliphatic rings. The average Bonchev–Trinajstić information content (AvgIpc) is 2.96. The van der Waals surface area contributed by atoms with E-state index in [1.165, 1.54) is 0 Å². The third-order valence-electron chi connectivity index (χ3n) is 4.30. The summed E-state index contributed by atoms with van der Waals surface area (Å²) in [7, 11) is 0. The lowest BCUT2D eigenvalue weighted by Crippen LogP contribution is -2.51. The van der Waals surface area contributed by atoms with Gasteiger partial charge in [-0.2, -0.15) is 0 Å². The molecule has 2 amide bonds. The van der Waals surface area contributed by atoms with Crippen LogP contribution in [0.4, 0.5) is 4.79 Å². The average molecular weight is 343 g/mol. The van der Waals surface area contributed by atoms with Crippen LogP contribution in [0.3, 0.4) is 0 Å². The van der Waals surface area contributed by atoms with E-state index in [1.807, 2.05) is 56.1 Å². The number of ether oxygens (including phenoxy) is 1. The van der Waals surface area contributed by atoms with Crippen molar-refractivity contribution in [3.63, 3.8) is 0 Å². The van der Waals surface area contributed by atoms with Crippen molar-refractivity contribution >= 4 is 22.9 Å². The van der Waals surface area contributed by atoms with Crippen molar-refractivity contribution in [2.24, 2.45) is 0 Å². The van der Waals surface area contributed by atoms with Gasteiger partial charge in [0.2, 0.25) is 5.91 Å². The van der Waals surface area contributed by atoms with Crippen LogP contribution in [-0.4, -0.2) is 58.6 Å². The van der Waals surface area contributed by atoms with Gasteiger partial charge < -0.3 is 19.5 Å². The fourth-order valence-electron chi connectivity index (χ4n) is 3.02. The molecule has 6 nitrogen and oxygen atoms in total. The standard InChI is InChI=1S/C19H25N3O3/c1-19(2,3)25-18(24)22-10-8-21(9-11-22)17(23)12-14-13-20-16-7-5-4-6-15(14)16/h4-7,13,20H,8-12H2,1-3H3. The van der Waals surface area contributed by atoms with Crippen LogP contribution >= 0.6 is 0 Å². The van der Waals surface area contributed by atoms with E-state index in [0.717, 1.165) is 16.5 Å². The summed E-state index contributed by atoms with van der Waals surface area (Å²) in [5.74, 6) is 0.0913. The molecule has 2 aromatic rings. The first-order valence-corrected chi connectivity index (χ1v) is 8.64. The number of amides is 2. The zero-order valence-electron chi connectivity index (χ0n) is 15.0. The van der Waals surface area contributed by atoms with Crippen LogP contribution in [-0.2, 0) is 16.0 Å². The number of carbonyl (C=O) groups is 2. The zero-order valence-corrected chi connectivity index (χ0v) is 15.0. The van der Waals surface area contributed by atoms with Gasteiger partial charge in [-0.05, 0) is 32.4 Å². The molecule has 0 spiro atoms. The minimum absolute atomic E-state index is 0.0913. The third-order valence-corrected chi connectivity index (χ3v) is 4.30. The Balaban J connectivity index is 1.56. The molecular weight excluding hydrogens is 318 g/mol. The number of aromatic nitrogens is 1. The molecule has 1 aromatic carbocycles. The van der Waals surface area contributed by atoms with Gasteiger partial charge in [-0.3, -0.25) is 4.79 Å². The maximum atomic E-state index is 12.6. The van der Waals surface area contributed by atoms with Crippen molar-refractivity contribution in [3.8, 4) is 0 Å². The van der Waals surface area contributed by atoms with Gasteiger partial charge in [-0.1, -0.05) is 18.2 Å². The Bertz CT molecular complexity index is 768. The maximum Gasteiger partial charge on any atom is 0.410 e. The molecule has 0 atom stereocenters. The summed E-state index contributed by atoms with van der Waals surface area (Å²) in [6.45, 7) is 7.66. The second-order valence-electron chi connectivity index (χ2n) is 7.38. The number of hydrogen-bond donors (Lipinski definition) is 1. The lowest BCUT2D eigenvalue weighted by Gasteiger charge is -2.35. The van der Waals surface area contributed by atoms with Crippen LogP contribution < -0.4 is 0 Å². The van der Waals surface area contributed by atoms with Gasteiger partial charge in [0.25, 0.3) is 0 Å². The maximum absolute atomic E-state index is 12.6. The van der Waals surface area contributed by atoms with Gasteiger partial charge in [0, 0.05) is 43.3 Å². The highest BCUT2D eigenvalue weighted by atomic mass is 16.6. The minimum atomic E-state index is -0.501. The fourth-order valence-corrected chi connectivity index (χ4v) is 3.02. The normalized spacial score (nSPS) is 15.5. The van der Waals surface area contributed by atoms with Crippen LogP contribution in [0.25, 0.3) is 10.9 Å². The number of fused-ring (bicyclic) bond motifs is 1. The highest BCUT2D eigenvalue weighted by molar-refractivity contribution is 5.89. The number of piperazine rings is 1. The van der Waals surface area contributed by atoms with Crippen LogP contribution in [0, 0.1) is 0 Å². The number of benzene rings is 1. The van der Waals surface area contributed by atoms with Crippen molar-refractivity contribution in [2.75, 3.05) is 26.2 Å². The van der Waals surface area contributed by atoms with E-state index < -0.39 is 5.60 Å². The summed E-state index contributed by atoms with van der Waals surface area (Å²) in [4.78, 5) is 31.4. The predicted molar refractivity (Wildman–Crippen MR) is 96.4 cm³/mol. The first-order valence-electron chi connectivity index (χ1n) is 8.64. The molecule has 1 aromatic heterocycles. The van der Waals surface area contributed by atoms with Crippen LogP contribution in [0.2, 0.25) is 0 Å². The van der Waals surface area contributed by atoms with E-state index in [1.54, 1.807) is 4.90 Å². The Hall–Kier alpha value is -2.50. The molecule has 1 fully saturated rings. The van der Waals surface area contributed by atoms with Crippen molar-refractivity contribution < 1.29 is 14.3 Å². The first-order chi connectivity index (χ1) is 11.8. The Morgan fingerprint density at radius 1 is 1.08 bits per heavy atom. The highest BCUT2D eigenvalue weighted by Crippen LogP contribution is 2.19. The molecule has 0 radical (unpaired) electrons. The van der Waals surface area contributed by atoms with Gasteiger partial charge in [0.1, 0.15) is 5.60 Å². The summed E-state index contributed by atoms with van der Waals surface area (Å²) >= 11 is 0. The molecule has 0 aliphatic carbocycles. The third kappa shape index (κ3) is 4.13. The van der Waals surface area contributed by atoms with Crippen LogP contribution in [0.1, 0.15) is 26.3 Å². The molecule has 1 N–H and O–H groups in total. The Labute approximate surface area is 147 Å². The molecule has 25 heavy (non-hydrogen) atoms. The summed E-state index contributed by atoms with van der Waals surface area (Å²) in [6.07, 6.45) is 1.96. The number of nitrogens with one attached hydrogen (secondary N) is 1. The monoisotopic (exact) mass is 343 g/mol. The summed E-state index contributed by atoms with van der Waals surface area (Å²) < 4.78 is 5.39. The molecule has 0 saturated carbocycles. The minimum Gasteiger partial charge on any atom is -0.444 e. The summed E-state index contributed by atoms with van der Waals surface area (Å²) in [5.41, 5.74) is 1.55. The van der Waals surface area contributed by atoms with Gasteiger partial charge >= 0.3 is 6.09 Å². The molecule has 1 aliphatic heterocycles. The van der Waals surface area contributed by atoms with E-state index in [9.17, 15) is 9.59 Å². The Morgan fingerprint density at radius 3 is 2.40 bits per heavy atom. The van der Waals surface area contributed by atoms with Crippen molar-refractivity contribution in [1.82, 2.24) is 14.8 Å². The molecule has 134 valence electrons. The van der Waals surface area contributed by atoms with Crippen molar-refractivity contribution in [3.05, 3.63) is 36.0 Å². The quantitative estimate of drug-likeness (QED) is 0.912. The molecule has 3 rings (SSSR count). The van der Waals surface area contributed by atoms with Crippen molar-refractivity contribution in [2.45, 2.75) is 32.8 Å². The van der Waals surface area contributed by atoms with E-state index in [0.29, 0.717) is 32.6 Å². The molecular formula is C19H25N3O3. The van der Waals surface area contributed by atoms with Crippen LogP contribution in [0.5, 0.6) is 0 Å². The summed E-state index contributed by atoms with van der Waals surface area (Å²) in [6, 6.07) is 7.97. The fraction of sp³-hybridized carbons (Fsp3) is 0.474. The second kappa shape index (κ2) is 6.78. The Kier molecular flexibility index (Phi) is 4.70. The van der Waals surface area contributed by atoms with Crippen LogP contribution in [0.15, 0.2) is 30.5 Å². The first kappa shape index (κ1) is 17.3. The lowest BCUT2D eigenvalue weighted by molar-refractivity contribution is -0.132. The Morgan fingerprint density at radius 2 is 1.72 bits per heavy atom. The number of hydrogen-bond acceptors (Lipinski definition) is 3. The van der Waals surface area contributed by atoms with E-state index >= 15 is 0 Å². The summed E-state index contributed by atoms with van der Waals surface area (Å²) in [5, 5.41) is 1.09. The van der Waals surface area contributed by atoms with E-state index in [-0.39, 0.29) is 12.0 Å². The van der Waals surface area contributed by atoms with Gasteiger partial charge in [-0.15, -0.1) is 0 Å². The number of aromatic amines is 1. The molecule has 2 heterocycles.